The van der Waals surface area contributed by atoms with Gasteiger partial charge in [-0.1, -0.05) is 36.4 Å². The number of amides is 1. The molecule has 2 aromatic rings. The molecule has 2 bridgehead atoms. The molecule has 124 valence electrons. The van der Waals surface area contributed by atoms with Crippen molar-refractivity contribution in [1.82, 2.24) is 10.1 Å². The van der Waals surface area contributed by atoms with E-state index in [0.29, 0.717) is 12.5 Å². The van der Waals surface area contributed by atoms with Gasteiger partial charge in [-0.2, -0.15) is 0 Å². The summed E-state index contributed by atoms with van der Waals surface area (Å²) < 4.78 is 10.5. The van der Waals surface area contributed by atoms with E-state index in [9.17, 15) is 4.79 Å². The fraction of sp³-hybridized carbons (Fsp3) is 0.368. The zero-order valence-corrected chi connectivity index (χ0v) is 13.6. The number of nitrogens with zero attached hydrogens (tertiary/aromatic N) is 2. The predicted molar refractivity (Wildman–Crippen MR) is 89.7 cm³/mol. The Morgan fingerprint density at radius 1 is 1.33 bits per heavy atom. The molecule has 0 N–H and O–H groups in total. The van der Waals surface area contributed by atoms with Crippen LogP contribution >= 0.6 is 0 Å². The molecule has 5 nitrogen and oxygen atoms in total. The molecule has 3 heterocycles. The number of aromatic nitrogens is 1. The van der Waals surface area contributed by atoms with Crippen LogP contribution in [0.2, 0.25) is 0 Å². The summed E-state index contributed by atoms with van der Waals surface area (Å²) in [6, 6.07) is 12.3. The Bertz CT molecular complexity index is 766. The number of ether oxygens (including phenoxy) is 1. The van der Waals surface area contributed by atoms with Crippen molar-refractivity contribution in [2.45, 2.75) is 38.3 Å². The molecule has 5 heteroatoms. The summed E-state index contributed by atoms with van der Waals surface area (Å²) in [7, 11) is 0. The molecule has 2 aliphatic rings. The first-order valence-corrected chi connectivity index (χ1v) is 8.44. The van der Waals surface area contributed by atoms with E-state index in [1.807, 2.05) is 17.9 Å². The van der Waals surface area contributed by atoms with Crippen molar-refractivity contribution in [3.63, 3.8) is 0 Å². The average Bonchev–Trinajstić information content (AvgIpc) is 3.18. The van der Waals surface area contributed by atoms with Crippen LogP contribution in [0.4, 0.5) is 0 Å². The van der Waals surface area contributed by atoms with Gasteiger partial charge in [-0.3, -0.25) is 4.79 Å². The molecule has 0 spiro atoms. The topological polar surface area (TPSA) is 55.6 Å². The van der Waals surface area contributed by atoms with Gasteiger partial charge in [0.1, 0.15) is 0 Å². The summed E-state index contributed by atoms with van der Waals surface area (Å²) in [5.74, 6) is 0.530. The second-order valence-electron chi connectivity index (χ2n) is 6.24. The SMILES string of the molecule is CCOc1cc(C(=O)N2C3C=C(c4ccccc4)CC2CC3)on1. The van der Waals surface area contributed by atoms with Crippen LogP contribution in [0, 0.1) is 0 Å². The van der Waals surface area contributed by atoms with Crippen LogP contribution in [-0.2, 0) is 0 Å². The monoisotopic (exact) mass is 324 g/mol. The van der Waals surface area contributed by atoms with Gasteiger partial charge < -0.3 is 14.2 Å². The van der Waals surface area contributed by atoms with E-state index in [1.54, 1.807) is 6.07 Å². The molecule has 1 aromatic heterocycles. The Morgan fingerprint density at radius 3 is 2.92 bits per heavy atom. The smallest absolute Gasteiger partial charge is 0.293 e. The third-order valence-corrected chi connectivity index (χ3v) is 4.77. The molecule has 2 atom stereocenters. The van der Waals surface area contributed by atoms with E-state index >= 15 is 0 Å². The lowest BCUT2D eigenvalue weighted by molar-refractivity contribution is 0.0649. The van der Waals surface area contributed by atoms with Gasteiger partial charge >= 0.3 is 0 Å². The Morgan fingerprint density at radius 2 is 2.17 bits per heavy atom. The van der Waals surface area contributed by atoms with Gasteiger partial charge in [0, 0.05) is 6.04 Å². The minimum Gasteiger partial charge on any atom is -0.476 e. The largest absolute Gasteiger partial charge is 0.476 e. The van der Waals surface area contributed by atoms with E-state index in [1.165, 1.54) is 11.1 Å². The predicted octanol–water partition coefficient (Wildman–Crippen LogP) is 3.53. The summed E-state index contributed by atoms with van der Waals surface area (Å²) in [5, 5.41) is 3.79. The number of carbonyl (C=O) groups is 1. The van der Waals surface area contributed by atoms with E-state index in [0.717, 1.165) is 19.3 Å². The molecule has 2 aliphatic heterocycles. The van der Waals surface area contributed by atoms with Gasteiger partial charge in [0.05, 0.1) is 18.7 Å². The lowest BCUT2D eigenvalue weighted by Crippen LogP contribution is -2.42. The second kappa shape index (κ2) is 6.15. The number of hydrogen-bond acceptors (Lipinski definition) is 4. The van der Waals surface area contributed by atoms with Gasteiger partial charge in [0.2, 0.25) is 5.76 Å². The van der Waals surface area contributed by atoms with Crippen molar-refractivity contribution in [3.05, 3.63) is 53.8 Å². The zero-order valence-electron chi connectivity index (χ0n) is 13.6. The Labute approximate surface area is 140 Å². The minimum atomic E-state index is -0.0932. The molecule has 1 saturated heterocycles. The Balaban J connectivity index is 1.57. The van der Waals surface area contributed by atoms with E-state index in [2.05, 4.69) is 35.5 Å². The number of hydrogen-bond donors (Lipinski definition) is 0. The molecular formula is C19H20N2O3. The molecule has 0 aliphatic carbocycles. The van der Waals surface area contributed by atoms with Gasteiger partial charge in [0.25, 0.3) is 11.8 Å². The van der Waals surface area contributed by atoms with Crippen molar-refractivity contribution in [2.24, 2.45) is 0 Å². The molecular weight excluding hydrogens is 304 g/mol. The third kappa shape index (κ3) is 2.60. The van der Waals surface area contributed by atoms with Crippen molar-refractivity contribution in [1.29, 1.82) is 0 Å². The van der Waals surface area contributed by atoms with Gasteiger partial charge in [0.15, 0.2) is 0 Å². The van der Waals surface area contributed by atoms with Crippen LogP contribution in [0.5, 0.6) is 5.88 Å². The first-order valence-electron chi connectivity index (χ1n) is 8.44. The fourth-order valence-electron chi connectivity index (χ4n) is 3.72. The highest BCUT2D eigenvalue weighted by Crippen LogP contribution is 2.39. The average molecular weight is 324 g/mol. The maximum absolute atomic E-state index is 12.8. The van der Waals surface area contributed by atoms with Crippen molar-refractivity contribution in [2.75, 3.05) is 6.61 Å². The molecule has 0 saturated carbocycles. The molecule has 2 unspecified atom stereocenters. The van der Waals surface area contributed by atoms with Crippen LogP contribution in [0.15, 0.2) is 47.0 Å². The Hall–Kier alpha value is -2.56. The lowest BCUT2D eigenvalue weighted by atomic mass is 9.94. The summed E-state index contributed by atoms with van der Waals surface area (Å²) >= 11 is 0. The minimum absolute atomic E-state index is 0.0932. The van der Waals surface area contributed by atoms with Crippen LogP contribution in [-0.4, -0.2) is 34.7 Å². The van der Waals surface area contributed by atoms with Gasteiger partial charge in [-0.15, -0.1) is 0 Å². The van der Waals surface area contributed by atoms with Gasteiger partial charge in [-0.05, 0) is 42.5 Å². The summed E-state index contributed by atoms with van der Waals surface area (Å²) in [6.45, 7) is 2.37. The second-order valence-corrected chi connectivity index (χ2v) is 6.24. The third-order valence-electron chi connectivity index (χ3n) is 4.77. The van der Waals surface area contributed by atoms with Crippen molar-refractivity contribution < 1.29 is 14.1 Å². The molecule has 1 aromatic carbocycles. The number of benzene rings is 1. The summed E-state index contributed by atoms with van der Waals surface area (Å²) in [4.78, 5) is 14.8. The highest BCUT2D eigenvalue weighted by molar-refractivity contribution is 5.93. The summed E-state index contributed by atoms with van der Waals surface area (Å²) in [5.41, 5.74) is 2.58. The molecule has 1 fully saturated rings. The van der Waals surface area contributed by atoms with Crippen LogP contribution in [0.3, 0.4) is 0 Å². The lowest BCUT2D eigenvalue weighted by Gasteiger charge is -2.33. The Kier molecular flexibility index (Phi) is 3.84. The van der Waals surface area contributed by atoms with E-state index < -0.39 is 0 Å². The standard InChI is InChI=1S/C19H20N2O3/c1-2-23-18-12-17(24-20-18)19(22)21-15-8-9-16(21)11-14(10-15)13-6-4-3-5-7-13/h3-7,10,12,15-16H,2,8-9,11H2,1H3. The highest BCUT2D eigenvalue weighted by Gasteiger charge is 2.41. The highest BCUT2D eigenvalue weighted by atomic mass is 16.5. The van der Waals surface area contributed by atoms with Gasteiger partial charge in [-0.25, -0.2) is 0 Å². The molecule has 24 heavy (non-hydrogen) atoms. The van der Waals surface area contributed by atoms with Crippen molar-refractivity contribution in [3.8, 4) is 5.88 Å². The summed E-state index contributed by atoms with van der Waals surface area (Å²) in [6.07, 6.45) is 5.14. The molecule has 1 amide bonds. The number of rotatable bonds is 4. The van der Waals surface area contributed by atoms with Crippen molar-refractivity contribution >= 4 is 11.5 Å². The normalized spacial score (nSPS) is 22.4. The molecule has 0 radical (unpaired) electrons. The molecule has 4 rings (SSSR count). The first-order chi connectivity index (χ1) is 11.8. The zero-order chi connectivity index (χ0) is 16.5. The number of fused-ring (bicyclic) bond motifs is 2. The van der Waals surface area contributed by atoms with E-state index in [-0.39, 0.29) is 23.8 Å². The van der Waals surface area contributed by atoms with E-state index in [4.69, 9.17) is 9.26 Å². The van der Waals surface area contributed by atoms with Crippen LogP contribution in [0.1, 0.15) is 42.3 Å². The number of carbonyl (C=O) groups excluding carboxylic acids is 1. The first kappa shape index (κ1) is 15.0. The maximum atomic E-state index is 12.8. The van der Waals surface area contributed by atoms with Crippen LogP contribution < -0.4 is 4.74 Å². The van der Waals surface area contributed by atoms with Crippen LogP contribution in [0.25, 0.3) is 5.57 Å². The maximum Gasteiger partial charge on any atom is 0.293 e. The fourth-order valence-corrected chi connectivity index (χ4v) is 3.72. The quantitative estimate of drug-likeness (QED) is 0.863.